The van der Waals surface area contributed by atoms with Crippen molar-refractivity contribution < 1.29 is 18.8 Å². The highest BCUT2D eigenvalue weighted by atomic mass is 35.5. The van der Waals surface area contributed by atoms with Crippen molar-refractivity contribution in [1.29, 1.82) is 0 Å². The van der Waals surface area contributed by atoms with Gasteiger partial charge in [-0.2, -0.15) is 0 Å². The summed E-state index contributed by atoms with van der Waals surface area (Å²) >= 11 is 6.15. The van der Waals surface area contributed by atoms with Crippen LogP contribution in [0.15, 0.2) is 55.4 Å². The Morgan fingerprint density at radius 2 is 1.81 bits per heavy atom. The van der Waals surface area contributed by atoms with Crippen LogP contribution in [0.25, 0.3) is 0 Å². The molecule has 0 spiro atoms. The van der Waals surface area contributed by atoms with Gasteiger partial charge in [0.1, 0.15) is 23.7 Å². The number of benzene rings is 2. The summed E-state index contributed by atoms with van der Waals surface area (Å²) in [4.78, 5) is 34.9. The fourth-order valence-corrected chi connectivity index (χ4v) is 7.14. The Labute approximate surface area is 286 Å². The van der Waals surface area contributed by atoms with Crippen molar-refractivity contribution in [1.82, 2.24) is 19.8 Å². The lowest BCUT2D eigenvalue weighted by Gasteiger charge is -2.44. The Kier molecular flexibility index (Phi) is 10.6. The molecule has 3 aliphatic heterocycles. The molecule has 0 bridgehead atoms. The Hall–Kier alpha value is -3.97. The largest absolute Gasteiger partial charge is 0.494 e. The van der Waals surface area contributed by atoms with E-state index in [2.05, 4.69) is 55.7 Å². The summed E-state index contributed by atoms with van der Waals surface area (Å²) in [5, 5.41) is 8.31. The second kappa shape index (κ2) is 15.1. The monoisotopic (exact) mass is 678 g/mol. The van der Waals surface area contributed by atoms with Gasteiger partial charge in [0.15, 0.2) is 5.82 Å². The van der Waals surface area contributed by atoms with Gasteiger partial charge >= 0.3 is 0 Å². The third-order valence-electron chi connectivity index (χ3n) is 9.48. The number of hydrogen-bond donors (Lipinski definition) is 2. The highest BCUT2D eigenvalue weighted by molar-refractivity contribution is 6.30. The van der Waals surface area contributed by atoms with Gasteiger partial charge in [0.25, 0.3) is 0 Å². The van der Waals surface area contributed by atoms with Crippen molar-refractivity contribution in [2.75, 3.05) is 73.6 Å². The van der Waals surface area contributed by atoms with Gasteiger partial charge in [0, 0.05) is 74.9 Å². The maximum atomic E-state index is 14.2. The van der Waals surface area contributed by atoms with Crippen molar-refractivity contribution >= 4 is 46.2 Å². The molecule has 48 heavy (non-hydrogen) atoms. The molecular formula is C35H44ClFN8O3. The number of nitrogens with one attached hydrogen (secondary N) is 2. The standard InChI is InChI=1S/C35H44ClFN8O3/c1-5-35(46)41-28-19-29(32(47-4)20-31(28)44-9-6-27(7-10-44)43-13-11-42(12-14-43)23(2)3)40-33-21-34(39-22-38-33)45-30(8-15-48-45)24-16-25(36)18-26(37)17-24/h5,16-23,27,30H,1,6-15H2,2-4H3,(H,41,46)(H,38,39,40). The molecule has 1 unspecified atom stereocenters. The quantitative estimate of drug-likeness (QED) is 0.248. The number of aromatic nitrogens is 2. The lowest BCUT2D eigenvalue weighted by molar-refractivity contribution is -0.111. The Balaban J connectivity index is 1.20. The van der Waals surface area contributed by atoms with Crippen molar-refractivity contribution in [3.63, 3.8) is 0 Å². The summed E-state index contributed by atoms with van der Waals surface area (Å²) in [6, 6.07) is 10.9. The number of piperazine rings is 1. The Bertz CT molecular complexity index is 1590. The average Bonchev–Trinajstić information content (AvgIpc) is 3.59. The van der Waals surface area contributed by atoms with Gasteiger partial charge in [0.2, 0.25) is 5.91 Å². The number of halogens is 2. The van der Waals surface area contributed by atoms with E-state index in [1.54, 1.807) is 24.3 Å². The van der Waals surface area contributed by atoms with E-state index in [0.29, 0.717) is 64.5 Å². The molecule has 256 valence electrons. The van der Waals surface area contributed by atoms with E-state index in [0.717, 1.165) is 57.8 Å². The first-order valence-electron chi connectivity index (χ1n) is 16.6. The number of hydroxylamine groups is 1. The van der Waals surface area contributed by atoms with Crippen LogP contribution in [-0.2, 0) is 9.63 Å². The number of amides is 1. The topological polar surface area (TPSA) is 98.3 Å². The number of anilines is 5. The second-order valence-electron chi connectivity index (χ2n) is 12.7. The number of carbonyl (C=O) groups is 1. The number of piperidine rings is 1. The number of carbonyl (C=O) groups excluding carboxylic acids is 1. The molecule has 2 aromatic carbocycles. The number of ether oxygens (including phenoxy) is 1. The second-order valence-corrected chi connectivity index (χ2v) is 13.1. The van der Waals surface area contributed by atoms with Crippen LogP contribution in [0.5, 0.6) is 5.75 Å². The van der Waals surface area contributed by atoms with E-state index in [-0.39, 0.29) is 11.9 Å². The summed E-state index contributed by atoms with van der Waals surface area (Å²) in [5.74, 6) is 0.869. The summed E-state index contributed by atoms with van der Waals surface area (Å²) in [6.07, 6.45) is 5.43. The molecule has 6 rings (SSSR count). The van der Waals surface area contributed by atoms with E-state index < -0.39 is 5.82 Å². The van der Waals surface area contributed by atoms with Gasteiger partial charge in [-0.15, -0.1) is 0 Å². The van der Waals surface area contributed by atoms with Crippen LogP contribution in [-0.4, -0.2) is 90.7 Å². The third kappa shape index (κ3) is 7.67. The lowest BCUT2D eigenvalue weighted by Crippen LogP contribution is -2.54. The smallest absolute Gasteiger partial charge is 0.247 e. The molecule has 4 heterocycles. The van der Waals surface area contributed by atoms with E-state index >= 15 is 0 Å². The van der Waals surface area contributed by atoms with Gasteiger partial charge in [0.05, 0.1) is 36.8 Å². The zero-order chi connectivity index (χ0) is 33.8. The van der Waals surface area contributed by atoms with Crippen LogP contribution in [0.2, 0.25) is 5.02 Å². The highest BCUT2D eigenvalue weighted by Gasteiger charge is 2.31. The maximum absolute atomic E-state index is 14.2. The molecule has 3 aromatic rings. The van der Waals surface area contributed by atoms with E-state index in [9.17, 15) is 9.18 Å². The molecule has 11 nitrogen and oxygen atoms in total. The number of rotatable bonds is 10. The van der Waals surface area contributed by atoms with Gasteiger partial charge in [-0.1, -0.05) is 18.2 Å². The normalized spacial score (nSPS) is 19.5. The zero-order valence-corrected chi connectivity index (χ0v) is 28.5. The van der Waals surface area contributed by atoms with Gasteiger partial charge in [-0.25, -0.2) is 19.4 Å². The number of nitrogens with zero attached hydrogens (tertiary/aromatic N) is 6. The minimum atomic E-state index is -0.409. The molecule has 0 saturated carbocycles. The number of hydrogen-bond acceptors (Lipinski definition) is 10. The van der Waals surface area contributed by atoms with Gasteiger partial charge in [-0.05, 0) is 62.6 Å². The van der Waals surface area contributed by atoms with Gasteiger partial charge < -0.3 is 20.3 Å². The van der Waals surface area contributed by atoms with Crippen molar-refractivity contribution in [2.24, 2.45) is 0 Å². The first-order chi connectivity index (χ1) is 23.2. The van der Waals surface area contributed by atoms with E-state index in [1.807, 2.05) is 12.1 Å². The Morgan fingerprint density at radius 1 is 1.04 bits per heavy atom. The first-order valence-corrected chi connectivity index (χ1v) is 17.0. The first kappa shape index (κ1) is 33.9. The van der Waals surface area contributed by atoms with E-state index in [4.69, 9.17) is 21.2 Å². The molecule has 0 radical (unpaired) electrons. The molecular weight excluding hydrogens is 635 g/mol. The highest BCUT2D eigenvalue weighted by Crippen LogP contribution is 2.41. The SMILES string of the molecule is C=CC(=O)Nc1cc(Nc2cc(N3OCCC3c3cc(F)cc(Cl)c3)ncn2)c(OC)cc1N1CCC(N2CCN(C(C)C)CC2)CC1. The zero-order valence-electron chi connectivity index (χ0n) is 27.8. The molecule has 3 fully saturated rings. The fraction of sp³-hybridized carbons (Fsp3) is 0.457. The van der Waals surface area contributed by atoms with Crippen LogP contribution in [0.1, 0.15) is 44.7 Å². The molecule has 1 atom stereocenters. The van der Waals surface area contributed by atoms with Crippen molar-refractivity contribution in [2.45, 2.75) is 51.2 Å². The molecule has 0 aliphatic carbocycles. The summed E-state index contributed by atoms with van der Waals surface area (Å²) in [6.45, 7) is 14.8. The minimum Gasteiger partial charge on any atom is -0.494 e. The molecule has 3 saturated heterocycles. The predicted molar refractivity (Wildman–Crippen MR) is 188 cm³/mol. The molecule has 1 amide bonds. The van der Waals surface area contributed by atoms with Crippen LogP contribution < -0.4 is 25.3 Å². The molecule has 1 aromatic heterocycles. The van der Waals surface area contributed by atoms with Crippen molar-refractivity contribution in [3.05, 3.63) is 71.8 Å². The average molecular weight is 679 g/mol. The Morgan fingerprint density at radius 3 is 2.50 bits per heavy atom. The van der Waals surface area contributed by atoms with Crippen LogP contribution >= 0.6 is 11.6 Å². The minimum absolute atomic E-state index is 0.274. The van der Waals surface area contributed by atoms with Crippen LogP contribution in [0.3, 0.4) is 0 Å². The lowest BCUT2D eigenvalue weighted by atomic mass is 10.0. The third-order valence-corrected chi connectivity index (χ3v) is 9.70. The summed E-state index contributed by atoms with van der Waals surface area (Å²) < 4.78 is 20.0. The predicted octanol–water partition coefficient (Wildman–Crippen LogP) is 6.02. The molecule has 2 N–H and O–H groups in total. The van der Waals surface area contributed by atoms with E-state index in [1.165, 1.54) is 24.5 Å². The maximum Gasteiger partial charge on any atom is 0.247 e. The van der Waals surface area contributed by atoms with Crippen LogP contribution in [0, 0.1) is 5.82 Å². The number of methoxy groups -OCH3 is 1. The van der Waals surface area contributed by atoms with Crippen LogP contribution in [0.4, 0.5) is 33.1 Å². The van der Waals surface area contributed by atoms with Crippen molar-refractivity contribution in [3.8, 4) is 5.75 Å². The fourth-order valence-electron chi connectivity index (χ4n) is 6.91. The summed E-state index contributed by atoms with van der Waals surface area (Å²) in [7, 11) is 1.62. The molecule has 3 aliphatic rings. The van der Waals surface area contributed by atoms with Gasteiger partial charge in [-0.3, -0.25) is 19.4 Å². The summed E-state index contributed by atoms with van der Waals surface area (Å²) in [5.41, 5.74) is 2.84. The molecule has 13 heteroatoms.